The molecule has 0 saturated carbocycles. The van der Waals surface area contributed by atoms with Crippen LogP contribution in [0.3, 0.4) is 0 Å². The van der Waals surface area contributed by atoms with Gasteiger partial charge in [-0.15, -0.1) is 0 Å². The first kappa shape index (κ1) is 14.5. The SMILES string of the molecule is COc1ccc(C/C(=N\O)c2c(O)cc(O)cc2O)cc1. The lowest BCUT2D eigenvalue weighted by Gasteiger charge is -2.10. The van der Waals surface area contributed by atoms with Gasteiger partial charge in [0.15, 0.2) is 0 Å². The maximum absolute atomic E-state index is 9.80. The molecule has 0 aliphatic heterocycles. The molecule has 0 saturated heterocycles. The Labute approximate surface area is 121 Å². The zero-order valence-corrected chi connectivity index (χ0v) is 11.3. The van der Waals surface area contributed by atoms with Crippen LogP contribution >= 0.6 is 0 Å². The van der Waals surface area contributed by atoms with Crippen LogP contribution in [0, 0.1) is 0 Å². The zero-order chi connectivity index (χ0) is 15.4. The maximum Gasteiger partial charge on any atom is 0.132 e. The van der Waals surface area contributed by atoms with Crippen molar-refractivity contribution in [3.63, 3.8) is 0 Å². The van der Waals surface area contributed by atoms with E-state index in [1.54, 1.807) is 31.4 Å². The number of methoxy groups -OCH3 is 1. The van der Waals surface area contributed by atoms with Crippen LogP contribution in [0.5, 0.6) is 23.0 Å². The molecule has 6 heteroatoms. The van der Waals surface area contributed by atoms with Crippen molar-refractivity contribution in [2.24, 2.45) is 5.16 Å². The predicted molar refractivity (Wildman–Crippen MR) is 76.5 cm³/mol. The number of benzene rings is 2. The van der Waals surface area contributed by atoms with Crippen molar-refractivity contribution in [2.75, 3.05) is 7.11 Å². The number of aromatic hydroxyl groups is 3. The fourth-order valence-corrected chi connectivity index (χ4v) is 2.00. The van der Waals surface area contributed by atoms with E-state index < -0.39 is 0 Å². The van der Waals surface area contributed by atoms with Crippen molar-refractivity contribution < 1.29 is 25.3 Å². The van der Waals surface area contributed by atoms with E-state index in [0.29, 0.717) is 5.75 Å². The van der Waals surface area contributed by atoms with Crippen LogP contribution in [0.2, 0.25) is 0 Å². The van der Waals surface area contributed by atoms with Crippen molar-refractivity contribution in [3.05, 3.63) is 47.5 Å². The molecule has 4 N–H and O–H groups in total. The molecular weight excluding hydrogens is 274 g/mol. The molecule has 0 radical (unpaired) electrons. The van der Waals surface area contributed by atoms with Crippen LogP contribution in [-0.4, -0.2) is 33.3 Å². The van der Waals surface area contributed by atoms with Crippen molar-refractivity contribution in [1.82, 2.24) is 0 Å². The van der Waals surface area contributed by atoms with Crippen LogP contribution < -0.4 is 4.74 Å². The van der Waals surface area contributed by atoms with Gasteiger partial charge in [0.25, 0.3) is 0 Å². The maximum atomic E-state index is 9.80. The molecule has 6 nitrogen and oxygen atoms in total. The molecule has 0 spiro atoms. The second kappa shape index (κ2) is 6.04. The summed E-state index contributed by atoms with van der Waals surface area (Å²) in [6.45, 7) is 0. The molecule has 110 valence electrons. The van der Waals surface area contributed by atoms with E-state index >= 15 is 0 Å². The highest BCUT2D eigenvalue weighted by atomic mass is 16.5. The molecule has 0 amide bonds. The summed E-state index contributed by atoms with van der Waals surface area (Å²) in [5, 5.41) is 41.2. The first-order valence-corrected chi connectivity index (χ1v) is 6.14. The van der Waals surface area contributed by atoms with Crippen molar-refractivity contribution in [3.8, 4) is 23.0 Å². The topological polar surface area (TPSA) is 103 Å². The Morgan fingerprint density at radius 3 is 2.10 bits per heavy atom. The third kappa shape index (κ3) is 3.17. The van der Waals surface area contributed by atoms with E-state index in [2.05, 4.69) is 5.16 Å². The summed E-state index contributed by atoms with van der Waals surface area (Å²) >= 11 is 0. The Hall–Kier alpha value is -2.89. The minimum Gasteiger partial charge on any atom is -0.508 e. The van der Waals surface area contributed by atoms with E-state index in [9.17, 15) is 15.3 Å². The Kier molecular flexibility index (Phi) is 4.18. The number of rotatable bonds is 4. The van der Waals surface area contributed by atoms with E-state index in [-0.39, 0.29) is 34.9 Å². The second-order valence-electron chi connectivity index (χ2n) is 4.43. The van der Waals surface area contributed by atoms with E-state index in [1.807, 2.05) is 0 Å². The van der Waals surface area contributed by atoms with Crippen LogP contribution in [0.4, 0.5) is 0 Å². The number of oxime groups is 1. The lowest BCUT2D eigenvalue weighted by molar-refractivity contribution is 0.317. The molecule has 2 rings (SSSR count). The standard InChI is InChI=1S/C15H15NO5/c1-21-11-4-2-9(3-5-11)6-12(16-20)15-13(18)7-10(17)8-14(15)19/h2-5,7-8,17-20H,6H2,1H3/b16-12+. The van der Waals surface area contributed by atoms with Gasteiger partial charge in [-0.05, 0) is 17.7 Å². The van der Waals surface area contributed by atoms with Gasteiger partial charge in [-0.3, -0.25) is 0 Å². The third-order valence-electron chi connectivity index (χ3n) is 3.02. The van der Waals surface area contributed by atoms with E-state index in [1.165, 1.54) is 0 Å². The zero-order valence-electron chi connectivity index (χ0n) is 11.3. The van der Waals surface area contributed by atoms with Crippen LogP contribution in [0.1, 0.15) is 11.1 Å². The fraction of sp³-hybridized carbons (Fsp3) is 0.133. The lowest BCUT2D eigenvalue weighted by atomic mass is 10.00. The number of nitrogens with zero attached hydrogens (tertiary/aromatic N) is 1. The third-order valence-corrected chi connectivity index (χ3v) is 3.02. The molecule has 2 aromatic rings. The molecule has 0 unspecified atom stereocenters. The quantitative estimate of drug-likeness (QED) is 0.393. The number of phenolic OH excluding ortho intramolecular Hbond substituents is 3. The summed E-state index contributed by atoms with van der Waals surface area (Å²) in [4.78, 5) is 0. The summed E-state index contributed by atoms with van der Waals surface area (Å²) < 4.78 is 5.05. The van der Waals surface area contributed by atoms with Crippen LogP contribution in [0.25, 0.3) is 0 Å². The molecule has 0 atom stereocenters. The van der Waals surface area contributed by atoms with Gasteiger partial charge in [-0.2, -0.15) is 0 Å². The molecule has 21 heavy (non-hydrogen) atoms. The molecule has 0 aromatic heterocycles. The number of hydrogen-bond donors (Lipinski definition) is 4. The van der Waals surface area contributed by atoms with Gasteiger partial charge in [0.05, 0.1) is 18.4 Å². The Balaban J connectivity index is 2.32. The lowest BCUT2D eigenvalue weighted by Crippen LogP contribution is -2.06. The van der Waals surface area contributed by atoms with Gasteiger partial charge >= 0.3 is 0 Å². The van der Waals surface area contributed by atoms with Gasteiger partial charge in [-0.25, -0.2) is 0 Å². The number of hydrogen-bond acceptors (Lipinski definition) is 6. The van der Waals surface area contributed by atoms with Gasteiger partial charge in [0, 0.05) is 18.6 Å². The van der Waals surface area contributed by atoms with E-state index in [4.69, 9.17) is 9.94 Å². The number of ether oxygens (including phenoxy) is 1. The van der Waals surface area contributed by atoms with Crippen LogP contribution in [-0.2, 0) is 6.42 Å². The Morgan fingerprint density at radius 2 is 1.62 bits per heavy atom. The molecule has 0 bridgehead atoms. The van der Waals surface area contributed by atoms with Crippen molar-refractivity contribution >= 4 is 5.71 Å². The summed E-state index contributed by atoms with van der Waals surface area (Å²) in [5.41, 5.74) is 0.858. The minimum atomic E-state index is -0.367. The van der Waals surface area contributed by atoms with Crippen LogP contribution in [0.15, 0.2) is 41.6 Å². The predicted octanol–water partition coefficient (Wildman–Crippen LogP) is 2.23. The Morgan fingerprint density at radius 1 is 1.05 bits per heavy atom. The summed E-state index contributed by atoms with van der Waals surface area (Å²) in [5.74, 6) is -0.324. The summed E-state index contributed by atoms with van der Waals surface area (Å²) in [6, 6.07) is 9.18. The van der Waals surface area contributed by atoms with Gasteiger partial charge in [-0.1, -0.05) is 17.3 Å². The Bertz CT molecular complexity index is 641. The minimum absolute atomic E-state index is 0.0221. The number of phenols is 3. The summed E-state index contributed by atoms with van der Waals surface area (Å²) in [6.07, 6.45) is 0.187. The van der Waals surface area contributed by atoms with Gasteiger partial charge in [0.2, 0.25) is 0 Å². The second-order valence-corrected chi connectivity index (χ2v) is 4.43. The summed E-state index contributed by atoms with van der Waals surface area (Å²) in [7, 11) is 1.56. The molecule has 0 heterocycles. The van der Waals surface area contributed by atoms with Gasteiger partial charge in [0.1, 0.15) is 23.0 Å². The highest BCUT2D eigenvalue weighted by molar-refractivity contribution is 6.06. The molecular formula is C15H15NO5. The highest BCUT2D eigenvalue weighted by Gasteiger charge is 2.17. The van der Waals surface area contributed by atoms with Crippen molar-refractivity contribution in [1.29, 1.82) is 0 Å². The highest BCUT2D eigenvalue weighted by Crippen LogP contribution is 2.33. The molecule has 0 fully saturated rings. The largest absolute Gasteiger partial charge is 0.508 e. The first-order chi connectivity index (χ1) is 10.0. The average Bonchev–Trinajstić information content (AvgIpc) is 2.45. The van der Waals surface area contributed by atoms with Gasteiger partial charge < -0.3 is 25.3 Å². The first-order valence-electron chi connectivity index (χ1n) is 6.14. The van der Waals surface area contributed by atoms with E-state index in [0.717, 1.165) is 17.7 Å². The van der Waals surface area contributed by atoms with Crippen molar-refractivity contribution in [2.45, 2.75) is 6.42 Å². The molecule has 0 aliphatic carbocycles. The average molecular weight is 289 g/mol. The molecule has 2 aromatic carbocycles. The monoisotopic (exact) mass is 289 g/mol. The normalized spacial score (nSPS) is 11.4. The molecule has 0 aliphatic rings. The fourth-order valence-electron chi connectivity index (χ4n) is 2.00. The smallest absolute Gasteiger partial charge is 0.132 e.